The van der Waals surface area contributed by atoms with Crippen molar-refractivity contribution >= 4 is 20.3 Å². The van der Waals surface area contributed by atoms with E-state index in [1.54, 1.807) is 30.1 Å². The highest BCUT2D eigenvalue weighted by Gasteiger charge is 2.44. The van der Waals surface area contributed by atoms with Crippen molar-refractivity contribution in [1.82, 2.24) is 24.5 Å². The van der Waals surface area contributed by atoms with Crippen LogP contribution in [0.3, 0.4) is 0 Å². The lowest BCUT2D eigenvalue weighted by Crippen LogP contribution is -2.38. The number of fused-ring (bicyclic) bond motifs is 1. The quantitative estimate of drug-likeness (QED) is 0.239. The molecule has 2 atom stereocenters. The van der Waals surface area contributed by atoms with Gasteiger partial charge in [0.15, 0.2) is 0 Å². The van der Waals surface area contributed by atoms with E-state index < -0.39 is 30.5 Å². The minimum atomic E-state index is -2.83. The molecule has 1 fully saturated rings. The highest BCUT2D eigenvalue weighted by molar-refractivity contribution is 7.16. The Morgan fingerprint density at radius 2 is 1.82 bits per heavy atom. The molecular formula is C23H24F4N5OP. The van der Waals surface area contributed by atoms with Crippen molar-refractivity contribution in [1.29, 1.82) is 0 Å². The van der Waals surface area contributed by atoms with Crippen molar-refractivity contribution in [2.24, 2.45) is 0 Å². The first-order chi connectivity index (χ1) is 16.1. The molecule has 5 rings (SSSR count). The normalized spacial score (nSPS) is 18.4. The smallest absolute Gasteiger partial charge is 0.248 e. The molecule has 1 aliphatic carbocycles. The van der Waals surface area contributed by atoms with Crippen LogP contribution in [-0.2, 0) is 6.54 Å². The summed E-state index contributed by atoms with van der Waals surface area (Å²) in [7, 11) is 2.03. The number of aromatic nitrogens is 5. The molecule has 1 aliphatic rings. The van der Waals surface area contributed by atoms with Gasteiger partial charge in [-0.1, -0.05) is 14.4 Å². The third-order valence-corrected chi connectivity index (χ3v) is 6.84. The van der Waals surface area contributed by atoms with Gasteiger partial charge < -0.3 is 9.09 Å². The molecule has 34 heavy (non-hydrogen) atoms. The molecule has 6 nitrogen and oxygen atoms in total. The van der Waals surface area contributed by atoms with Crippen LogP contribution >= 0.6 is 9.24 Å². The lowest BCUT2D eigenvalue weighted by molar-refractivity contribution is -0.0791. The zero-order valence-corrected chi connectivity index (χ0v) is 19.9. The fourth-order valence-corrected chi connectivity index (χ4v) is 4.84. The van der Waals surface area contributed by atoms with Crippen LogP contribution in [0.2, 0.25) is 0 Å². The Morgan fingerprint density at radius 3 is 2.44 bits per heavy atom. The molecule has 0 radical (unpaired) electrons. The van der Waals surface area contributed by atoms with E-state index in [2.05, 4.69) is 15.2 Å². The number of pyridine rings is 1. The highest BCUT2D eigenvalue weighted by atomic mass is 31.0. The van der Waals surface area contributed by atoms with Crippen LogP contribution in [-0.4, -0.2) is 36.1 Å². The van der Waals surface area contributed by atoms with Gasteiger partial charge in [0.2, 0.25) is 12.0 Å². The van der Waals surface area contributed by atoms with Crippen LogP contribution in [0.15, 0.2) is 35.4 Å². The van der Waals surface area contributed by atoms with Crippen LogP contribution in [0.5, 0.6) is 0 Å². The van der Waals surface area contributed by atoms with Crippen LogP contribution in [0.4, 0.5) is 17.6 Å². The summed E-state index contributed by atoms with van der Waals surface area (Å²) in [6, 6.07) is 0.483. The Kier molecular flexibility index (Phi) is 5.54. The maximum atomic E-state index is 15.7. The Balaban J connectivity index is 1.62. The van der Waals surface area contributed by atoms with Gasteiger partial charge in [0.1, 0.15) is 11.4 Å². The van der Waals surface area contributed by atoms with Crippen molar-refractivity contribution in [3.05, 3.63) is 42.3 Å². The summed E-state index contributed by atoms with van der Waals surface area (Å²) in [5.74, 6) is -2.20. The zero-order valence-electron chi connectivity index (χ0n) is 18.7. The molecule has 4 heterocycles. The monoisotopic (exact) mass is 493 g/mol. The number of halogens is 4. The van der Waals surface area contributed by atoms with Crippen molar-refractivity contribution in [3.63, 3.8) is 0 Å². The van der Waals surface area contributed by atoms with Crippen LogP contribution in [0.25, 0.3) is 33.3 Å². The predicted molar refractivity (Wildman–Crippen MR) is 123 cm³/mol. The molecule has 180 valence electrons. The summed E-state index contributed by atoms with van der Waals surface area (Å²) in [4.78, 5) is 4.64. The van der Waals surface area contributed by atoms with E-state index in [1.165, 1.54) is 6.20 Å². The SMILES string of the molecule is Cc1noc(C)c1-c1cnc2c(-c3cnn(C(F)P)c3)cn(CC3(F)CCC(F)(F)CC3)c2c1. The first kappa shape index (κ1) is 23.0. The van der Waals surface area contributed by atoms with Crippen molar-refractivity contribution in [2.45, 2.75) is 63.7 Å². The molecule has 0 aromatic carbocycles. The molecule has 4 aromatic rings. The van der Waals surface area contributed by atoms with E-state index in [0.717, 1.165) is 15.8 Å². The largest absolute Gasteiger partial charge is 0.361 e. The minimum absolute atomic E-state index is 0.0875. The third-order valence-electron chi connectivity index (χ3n) is 6.54. The van der Waals surface area contributed by atoms with E-state index in [0.29, 0.717) is 33.6 Å². The van der Waals surface area contributed by atoms with Gasteiger partial charge in [-0.2, -0.15) is 5.10 Å². The van der Waals surface area contributed by atoms with Gasteiger partial charge in [0.25, 0.3) is 0 Å². The van der Waals surface area contributed by atoms with Gasteiger partial charge >= 0.3 is 0 Å². The van der Waals surface area contributed by atoms with E-state index in [9.17, 15) is 13.2 Å². The summed E-state index contributed by atoms with van der Waals surface area (Å²) in [6.45, 7) is 3.53. The highest BCUT2D eigenvalue weighted by Crippen LogP contribution is 2.43. The van der Waals surface area contributed by atoms with E-state index >= 15 is 4.39 Å². The third kappa shape index (κ3) is 4.13. The van der Waals surface area contributed by atoms with E-state index in [4.69, 9.17) is 4.52 Å². The Morgan fingerprint density at radius 1 is 1.09 bits per heavy atom. The number of hydrogen-bond donors (Lipinski definition) is 0. The van der Waals surface area contributed by atoms with Crippen molar-refractivity contribution in [3.8, 4) is 22.3 Å². The lowest BCUT2D eigenvalue weighted by Gasteiger charge is -2.34. The molecule has 4 aromatic heterocycles. The first-order valence-electron chi connectivity index (χ1n) is 11.0. The topological polar surface area (TPSA) is 61.7 Å². The number of nitrogens with zero attached hydrogens (tertiary/aromatic N) is 5. The number of hydrogen-bond acceptors (Lipinski definition) is 4. The summed E-state index contributed by atoms with van der Waals surface area (Å²) in [6.07, 6.45) is 5.10. The Hall–Kier alpha value is -2.74. The van der Waals surface area contributed by atoms with Crippen LogP contribution in [0, 0.1) is 13.8 Å². The fraction of sp³-hybridized carbons (Fsp3) is 0.435. The van der Waals surface area contributed by atoms with Crippen LogP contribution < -0.4 is 0 Å². The van der Waals surface area contributed by atoms with Gasteiger partial charge in [-0.3, -0.25) is 4.98 Å². The molecule has 0 amide bonds. The molecule has 11 heteroatoms. The molecule has 0 N–H and O–H groups in total. The summed E-state index contributed by atoms with van der Waals surface area (Å²) in [5.41, 5.74) is 2.98. The zero-order chi connectivity index (χ0) is 24.3. The Bertz CT molecular complexity index is 1330. The molecule has 2 unspecified atom stereocenters. The van der Waals surface area contributed by atoms with Gasteiger partial charge in [-0.15, -0.1) is 0 Å². The van der Waals surface area contributed by atoms with Gasteiger partial charge in [0.05, 0.1) is 29.5 Å². The Labute approximate surface area is 195 Å². The minimum Gasteiger partial charge on any atom is -0.361 e. The van der Waals surface area contributed by atoms with Gasteiger partial charge in [-0.25, -0.2) is 22.2 Å². The summed E-state index contributed by atoms with van der Waals surface area (Å²) < 4.78 is 64.9. The van der Waals surface area contributed by atoms with Crippen molar-refractivity contribution < 1.29 is 22.1 Å². The molecule has 1 saturated carbocycles. The molecule has 0 bridgehead atoms. The second-order valence-corrected chi connectivity index (χ2v) is 9.60. The second kappa shape index (κ2) is 8.18. The first-order valence-corrected chi connectivity index (χ1v) is 11.6. The lowest BCUT2D eigenvalue weighted by atomic mass is 9.84. The average Bonchev–Trinajstić information content (AvgIpc) is 3.48. The maximum Gasteiger partial charge on any atom is 0.248 e. The standard InChI is InChI=1S/C23H24F4N5OP/c1-13-19(14(2)33-30-13)15-7-18-20(28-8-15)17(16-9-29-32(10-16)21(24)34)11-31(18)12-22(25)3-5-23(26,27)6-4-22/h7-11,21H,3-6,12,34H2,1-2H3. The average molecular weight is 493 g/mol. The number of aryl methyl sites for hydroxylation is 2. The second-order valence-electron chi connectivity index (χ2n) is 9.05. The van der Waals surface area contributed by atoms with Gasteiger partial charge in [-0.05, 0) is 32.8 Å². The molecule has 0 aliphatic heterocycles. The summed E-state index contributed by atoms with van der Waals surface area (Å²) in [5, 5.41) is 8.04. The van der Waals surface area contributed by atoms with Gasteiger partial charge in [0, 0.05) is 53.7 Å². The van der Waals surface area contributed by atoms with Crippen LogP contribution in [0.1, 0.15) is 43.2 Å². The number of alkyl halides is 4. The summed E-state index contributed by atoms with van der Waals surface area (Å²) >= 11 is 0. The van der Waals surface area contributed by atoms with Crippen molar-refractivity contribution in [2.75, 3.05) is 0 Å². The van der Waals surface area contributed by atoms with E-state index in [1.807, 2.05) is 22.2 Å². The fourth-order valence-electron chi connectivity index (χ4n) is 4.68. The van der Waals surface area contributed by atoms with E-state index in [-0.39, 0.29) is 19.4 Å². The number of rotatable bonds is 5. The maximum absolute atomic E-state index is 15.7. The molecule has 0 saturated heterocycles. The molecule has 0 spiro atoms. The molecular weight excluding hydrogens is 469 g/mol. The predicted octanol–water partition coefficient (Wildman–Crippen LogP) is 6.39.